The summed E-state index contributed by atoms with van der Waals surface area (Å²) in [7, 11) is 5.80. The van der Waals surface area contributed by atoms with E-state index in [1.54, 1.807) is 7.11 Å². The van der Waals surface area contributed by atoms with E-state index in [1.165, 1.54) is 11.3 Å². The number of aromatic amines is 1. The fourth-order valence-electron chi connectivity index (χ4n) is 3.66. The number of nitrogens with one attached hydrogen (secondary N) is 1. The smallest absolute Gasteiger partial charge is 0.126 e. The first-order chi connectivity index (χ1) is 14.1. The van der Waals surface area contributed by atoms with Gasteiger partial charge in [0.15, 0.2) is 0 Å². The van der Waals surface area contributed by atoms with Crippen LogP contribution in [0.25, 0.3) is 11.3 Å². The number of anilines is 1. The van der Waals surface area contributed by atoms with Crippen molar-refractivity contribution in [3.8, 4) is 17.0 Å². The molecule has 0 amide bonds. The molecule has 1 unspecified atom stereocenters. The molecule has 1 saturated heterocycles. The van der Waals surface area contributed by atoms with Crippen molar-refractivity contribution in [3.63, 3.8) is 0 Å². The van der Waals surface area contributed by atoms with Crippen molar-refractivity contribution in [2.75, 3.05) is 45.9 Å². The van der Waals surface area contributed by atoms with Crippen molar-refractivity contribution in [3.05, 3.63) is 66.1 Å². The van der Waals surface area contributed by atoms with Gasteiger partial charge in [0, 0.05) is 38.4 Å². The van der Waals surface area contributed by atoms with Crippen molar-refractivity contribution in [2.24, 2.45) is 0 Å². The van der Waals surface area contributed by atoms with Gasteiger partial charge in [0.25, 0.3) is 0 Å². The van der Waals surface area contributed by atoms with Crippen LogP contribution in [-0.4, -0.2) is 55.8 Å². The summed E-state index contributed by atoms with van der Waals surface area (Å²) in [4.78, 5) is 12.7. The van der Waals surface area contributed by atoms with E-state index in [2.05, 4.69) is 64.2 Å². The molecule has 1 N–H and O–H groups in total. The third-order valence-electron chi connectivity index (χ3n) is 5.37. The van der Waals surface area contributed by atoms with Crippen LogP contribution < -0.4 is 9.64 Å². The molecule has 1 atom stereocenters. The van der Waals surface area contributed by atoms with Gasteiger partial charge in [0.05, 0.1) is 38.3 Å². The Bertz CT molecular complexity index is 936. The Morgan fingerprint density at radius 1 is 1.21 bits per heavy atom. The van der Waals surface area contributed by atoms with Crippen molar-refractivity contribution >= 4 is 5.69 Å². The molecular formula is C23H28N4O2. The molecule has 3 aromatic rings. The minimum absolute atomic E-state index is 0.108. The topological polar surface area (TPSA) is 53.6 Å². The lowest BCUT2D eigenvalue weighted by molar-refractivity contribution is -0.0156. The molecule has 6 nitrogen and oxygen atoms in total. The van der Waals surface area contributed by atoms with Crippen LogP contribution in [0.3, 0.4) is 0 Å². The standard InChI is InChI=1S/C23H28N4O2/c1-26(2)19-9-7-17(8-10-19)15-27-11-12-29-16-22(27)23-24-14-21(25-23)18-5-4-6-20(13-18)28-3/h4-10,13-14,22H,11-12,15-16H2,1-3H3,(H,24,25). The maximum Gasteiger partial charge on any atom is 0.126 e. The number of morpholine rings is 1. The van der Waals surface area contributed by atoms with E-state index in [0.717, 1.165) is 42.5 Å². The number of hydrogen-bond acceptors (Lipinski definition) is 5. The average Bonchev–Trinajstić information content (AvgIpc) is 3.25. The van der Waals surface area contributed by atoms with Crippen molar-refractivity contribution in [1.82, 2.24) is 14.9 Å². The molecule has 0 aliphatic carbocycles. The quantitative estimate of drug-likeness (QED) is 0.693. The minimum Gasteiger partial charge on any atom is -0.497 e. The second kappa shape index (κ2) is 8.68. The zero-order chi connectivity index (χ0) is 20.2. The van der Waals surface area contributed by atoms with Crippen molar-refractivity contribution in [1.29, 1.82) is 0 Å². The maximum atomic E-state index is 5.78. The van der Waals surface area contributed by atoms with Gasteiger partial charge in [0.1, 0.15) is 11.6 Å². The number of rotatable bonds is 6. The van der Waals surface area contributed by atoms with Gasteiger partial charge in [0.2, 0.25) is 0 Å². The Morgan fingerprint density at radius 2 is 2.03 bits per heavy atom. The van der Waals surface area contributed by atoms with Crippen LogP contribution in [0.1, 0.15) is 17.4 Å². The molecule has 6 heteroatoms. The summed E-state index contributed by atoms with van der Waals surface area (Å²) < 4.78 is 11.1. The van der Waals surface area contributed by atoms with E-state index in [9.17, 15) is 0 Å². The number of imidazole rings is 1. The molecule has 1 aliphatic heterocycles. The number of H-pyrrole nitrogens is 1. The molecular weight excluding hydrogens is 364 g/mol. The van der Waals surface area contributed by atoms with Gasteiger partial charge in [-0.15, -0.1) is 0 Å². The first-order valence-electron chi connectivity index (χ1n) is 9.91. The summed E-state index contributed by atoms with van der Waals surface area (Å²) >= 11 is 0. The lowest BCUT2D eigenvalue weighted by Crippen LogP contribution is -2.39. The Balaban J connectivity index is 1.52. The lowest BCUT2D eigenvalue weighted by Gasteiger charge is -2.34. The Labute approximate surface area is 172 Å². The summed E-state index contributed by atoms with van der Waals surface area (Å²) in [5.74, 6) is 1.77. The Kier molecular flexibility index (Phi) is 5.83. The number of hydrogen-bond donors (Lipinski definition) is 1. The highest BCUT2D eigenvalue weighted by Gasteiger charge is 2.27. The normalized spacial score (nSPS) is 17.3. The number of ether oxygens (including phenoxy) is 2. The number of benzene rings is 2. The summed E-state index contributed by atoms with van der Waals surface area (Å²) in [6.45, 7) is 3.14. The van der Waals surface area contributed by atoms with Gasteiger partial charge in [-0.1, -0.05) is 24.3 Å². The zero-order valence-corrected chi connectivity index (χ0v) is 17.3. The third kappa shape index (κ3) is 4.44. The van der Waals surface area contributed by atoms with Gasteiger partial charge >= 0.3 is 0 Å². The van der Waals surface area contributed by atoms with Gasteiger partial charge in [-0.2, -0.15) is 0 Å². The van der Waals surface area contributed by atoms with Crippen LogP contribution in [0.5, 0.6) is 5.75 Å². The van der Waals surface area contributed by atoms with Gasteiger partial charge in [-0.25, -0.2) is 4.98 Å². The minimum atomic E-state index is 0.108. The van der Waals surface area contributed by atoms with Crippen LogP contribution >= 0.6 is 0 Å². The van der Waals surface area contributed by atoms with Gasteiger partial charge < -0.3 is 19.4 Å². The monoisotopic (exact) mass is 392 g/mol. The van der Waals surface area contributed by atoms with Gasteiger partial charge in [-0.3, -0.25) is 4.90 Å². The van der Waals surface area contributed by atoms with Crippen molar-refractivity contribution in [2.45, 2.75) is 12.6 Å². The van der Waals surface area contributed by atoms with Crippen molar-refractivity contribution < 1.29 is 9.47 Å². The summed E-state index contributed by atoms with van der Waals surface area (Å²) in [6, 6.07) is 16.8. The molecule has 29 heavy (non-hydrogen) atoms. The first kappa shape index (κ1) is 19.5. The predicted octanol–water partition coefficient (Wildman–Crippen LogP) is 3.72. The molecule has 1 aliphatic rings. The highest BCUT2D eigenvalue weighted by molar-refractivity contribution is 5.60. The summed E-state index contributed by atoms with van der Waals surface area (Å²) in [5.41, 5.74) is 4.55. The predicted molar refractivity (Wildman–Crippen MR) is 115 cm³/mol. The molecule has 1 fully saturated rings. The molecule has 4 rings (SSSR count). The van der Waals surface area contributed by atoms with E-state index in [1.807, 2.05) is 24.4 Å². The molecule has 2 aromatic carbocycles. The van der Waals surface area contributed by atoms with Crippen LogP contribution in [-0.2, 0) is 11.3 Å². The van der Waals surface area contributed by atoms with Crippen LogP contribution in [0, 0.1) is 0 Å². The van der Waals surface area contributed by atoms with E-state index in [0.29, 0.717) is 6.61 Å². The SMILES string of the molecule is COc1cccc(-c2cnc(C3COCCN3Cc3ccc(N(C)C)cc3)[nH]2)c1. The van der Waals surface area contributed by atoms with E-state index in [4.69, 9.17) is 9.47 Å². The Morgan fingerprint density at radius 3 is 2.79 bits per heavy atom. The highest BCUT2D eigenvalue weighted by Crippen LogP contribution is 2.28. The molecule has 152 valence electrons. The van der Waals surface area contributed by atoms with Crippen LogP contribution in [0.4, 0.5) is 5.69 Å². The lowest BCUT2D eigenvalue weighted by atomic mass is 10.1. The second-order valence-corrected chi connectivity index (χ2v) is 7.54. The first-order valence-corrected chi connectivity index (χ1v) is 9.91. The van der Waals surface area contributed by atoms with Gasteiger partial charge in [-0.05, 0) is 29.8 Å². The molecule has 0 radical (unpaired) electrons. The van der Waals surface area contributed by atoms with E-state index >= 15 is 0 Å². The fraction of sp³-hybridized carbons (Fsp3) is 0.348. The number of aromatic nitrogens is 2. The average molecular weight is 393 g/mol. The van der Waals surface area contributed by atoms with Crippen LogP contribution in [0.15, 0.2) is 54.7 Å². The molecule has 2 heterocycles. The third-order valence-corrected chi connectivity index (χ3v) is 5.37. The zero-order valence-electron chi connectivity index (χ0n) is 17.3. The highest BCUT2D eigenvalue weighted by atomic mass is 16.5. The largest absolute Gasteiger partial charge is 0.497 e. The fourth-order valence-corrected chi connectivity index (χ4v) is 3.66. The summed E-state index contributed by atoms with van der Waals surface area (Å²) in [5, 5.41) is 0. The molecule has 1 aromatic heterocycles. The molecule has 0 bridgehead atoms. The number of methoxy groups -OCH3 is 1. The maximum absolute atomic E-state index is 5.78. The van der Waals surface area contributed by atoms with E-state index in [-0.39, 0.29) is 6.04 Å². The summed E-state index contributed by atoms with van der Waals surface area (Å²) in [6.07, 6.45) is 1.89. The molecule has 0 saturated carbocycles. The molecule has 0 spiro atoms. The van der Waals surface area contributed by atoms with E-state index < -0.39 is 0 Å². The van der Waals surface area contributed by atoms with Crippen LogP contribution in [0.2, 0.25) is 0 Å². The number of nitrogens with zero attached hydrogens (tertiary/aromatic N) is 3. The second-order valence-electron chi connectivity index (χ2n) is 7.54. The Hall–Kier alpha value is -2.83.